The Morgan fingerprint density at radius 2 is 1.83 bits per heavy atom. The van der Waals surface area contributed by atoms with E-state index in [1.807, 2.05) is 0 Å². The van der Waals surface area contributed by atoms with Gasteiger partial charge in [-0.2, -0.15) is 0 Å². The Morgan fingerprint density at radius 3 is 2.28 bits per heavy atom. The average Bonchev–Trinajstić information content (AvgIpc) is 3.12. The van der Waals surface area contributed by atoms with Crippen molar-refractivity contribution in [2.45, 2.75) is 64.3 Å². The molecule has 102 valence electrons. The minimum atomic E-state index is -0.703. The molecule has 0 spiro atoms. The van der Waals surface area contributed by atoms with Gasteiger partial charge in [-0.3, -0.25) is 9.59 Å². The number of aliphatic carboxylic acids is 1. The Morgan fingerprint density at radius 1 is 1.22 bits per heavy atom. The zero-order valence-electron chi connectivity index (χ0n) is 11.1. The van der Waals surface area contributed by atoms with E-state index in [-0.39, 0.29) is 23.8 Å². The third-order valence-electron chi connectivity index (χ3n) is 4.66. The molecule has 0 radical (unpaired) electrons. The van der Waals surface area contributed by atoms with E-state index in [1.165, 1.54) is 0 Å². The van der Waals surface area contributed by atoms with Crippen molar-refractivity contribution < 1.29 is 14.7 Å². The Kier molecular flexibility index (Phi) is 3.93. The van der Waals surface area contributed by atoms with Gasteiger partial charge < -0.3 is 10.4 Å². The summed E-state index contributed by atoms with van der Waals surface area (Å²) in [6.45, 7) is 2.08. The first-order chi connectivity index (χ1) is 8.55. The molecule has 1 amide bonds. The quantitative estimate of drug-likeness (QED) is 0.790. The SMILES string of the molecule is CCC1(C(=O)NC2CCC(CC(=O)O)CC2)CC1. The zero-order valence-corrected chi connectivity index (χ0v) is 11.1. The molecule has 0 unspecified atom stereocenters. The third kappa shape index (κ3) is 3.03. The molecule has 0 aromatic rings. The van der Waals surface area contributed by atoms with Crippen LogP contribution in [0.25, 0.3) is 0 Å². The van der Waals surface area contributed by atoms with Crippen LogP contribution in [0.5, 0.6) is 0 Å². The first-order valence-electron chi connectivity index (χ1n) is 7.08. The average molecular weight is 253 g/mol. The molecule has 0 saturated heterocycles. The van der Waals surface area contributed by atoms with Crippen molar-refractivity contribution in [3.63, 3.8) is 0 Å². The van der Waals surface area contributed by atoms with Gasteiger partial charge in [0, 0.05) is 17.9 Å². The van der Waals surface area contributed by atoms with Crippen LogP contribution in [-0.4, -0.2) is 23.0 Å². The predicted octanol–water partition coefficient (Wildman–Crippen LogP) is 2.33. The van der Waals surface area contributed by atoms with E-state index in [1.54, 1.807) is 0 Å². The molecule has 4 heteroatoms. The van der Waals surface area contributed by atoms with E-state index < -0.39 is 5.97 Å². The fraction of sp³-hybridized carbons (Fsp3) is 0.857. The number of rotatable bonds is 5. The van der Waals surface area contributed by atoms with E-state index in [0.717, 1.165) is 44.9 Å². The molecule has 0 aliphatic heterocycles. The van der Waals surface area contributed by atoms with Crippen molar-refractivity contribution in [1.29, 1.82) is 0 Å². The van der Waals surface area contributed by atoms with Gasteiger partial charge in [0.2, 0.25) is 5.91 Å². The third-order valence-corrected chi connectivity index (χ3v) is 4.66. The van der Waals surface area contributed by atoms with Gasteiger partial charge in [-0.1, -0.05) is 6.92 Å². The molecule has 0 heterocycles. The van der Waals surface area contributed by atoms with Crippen molar-refractivity contribution in [2.24, 2.45) is 11.3 Å². The minimum absolute atomic E-state index is 0.0576. The molecule has 0 aromatic carbocycles. The second-order valence-electron chi connectivity index (χ2n) is 5.92. The monoisotopic (exact) mass is 253 g/mol. The molecule has 2 aliphatic rings. The highest BCUT2D eigenvalue weighted by molar-refractivity contribution is 5.85. The first-order valence-corrected chi connectivity index (χ1v) is 7.08. The number of amides is 1. The molecule has 18 heavy (non-hydrogen) atoms. The summed E-state index contributed by atoms with van der Waals surface area (Å²) in [5.41, 5.74) is -0.0576. The fourth-order valence-corrected chi connectivity index (χ4v) is 2.99. The van der Waals surface area contributed by atoms with E-state index in [9.17, 15) is 9.59 Å². The minimum Gasteiger partial charge on any atom is -0.481 e. The van der Waals surface area contributed by atoms with Crippen molar-refractivity contribution in [1.82, 2.24) is 5.32 Å². The molecular weight excluding hydrogens is 230 g/mol. The van der Waals surface area contributed by atoms with Crippen LogP contribution in [0.1, 0.15) is 58.3 Å². The topological polar surface area (TPSA) is 66.4 Å². The summed E-state index contributed by atoms with van der Waals surface area (Å²) >= 11 is 0. The second kappa shape index (κ2) is 5.29. The fourth-order valence-electron chi connectivity index (χ4n) is 2.99. The maximum absolute atomic E-state index is 12.1. The summed E-state index contributed by atoms with van der Waals surface area (Å²) in [7, 11) is 0. The smallest absolute Gasteiger partial charge is 0.303 e. The number of hydrogen-bond acceptors (Lipinski definition) is 2. The highest BCUT2D eigenvalue weighted by Crippen LogP contribution is 2.49. The van der Waals surface area contributed by atoms with E-state index >= 15 is 0 Å². The number of carboxylic acids is 1. The Hall–Kier alpha value is -1.06. The molecular formula is C14H23NO3. The van der Waals surface area contributed by atoms with E-state index in [4.69, 9.17) is 5.11 Å². The van der Waals surface area contributed by atoms with Crippen LogP contribution >= 0.6 is 0 Å². The van der Waals surface area contributed by atoms with Crippen LogP contribution in [0.4, 0.5) is 0 Å². The lowest BCUT2D eigenvalue weighted by Gasteiger charge is -2.29. The van der Waals surface area contributed by atoms with Crippen LogP contribution in [0.15, 0.2) is 0 Å². The Bertz CT molecular complexity index is 328. The molecule has 0 bridgehead atoms. The van der Waals surface area contributed by atoms with Gasteiger partial charge in [0.1, 0.15) is 0 Å². The second-order valence-corrected chi connectivity index (χ2v) is 5.92. The summed E-state index contributed by atoms with van der Waals surface area (Å²) in [6, 6.07) is 0.270. The molecule has 2 N–H and O–H groups in total. The zero-order chi connectivity index (χ0) is 13.2. The van der Waals surface area contributed by atoms with Gasteiger partial charge in [-0.25, -0.2) is 0 Å². The summed E-state index contributed by atoms with van der Waals surface area (Å²) < 4.78 is 0. The summed E-state index contributed by atoms with van der Waals surface area (Å²) in [4.78, 5) is 22.7. The maximum Gasteiger partial charge on any atom is 0.303 e. The highest BCUT2D eigenvalue weighted by atomic mass is 16.4. The Balaban J connectivity index is 1.73. The maximum atomic E-state index is 12.1. The van der Waals surface area contributed by atoms with Crippen molar-refractivity contribution in [3.05, 3.63) is 0 Å². The molecule has 2 aliphatic carbocycles. The van der Waals surface area contributed by atoms with Crippen LogP contribution in [-0.2, 0) is 9.59 Å². The van der Waals surface area contributed by atoms with Gasteiger partial charge in [-0.15, -0.1) is 0 Å². The molecule has 0 atom stereocenters. The van der Waals surface area contributed by atoms with Crippen LogP contribution in [0, 0.1) is 11.3 Å². The van der Waals surface area contributed by atoms with Crippen molar-refractivity contribution >= 4 is 11.9 Å². The molecule has 0 aromatic heterocycles. The number of hydrogen-bond donors (Lipinski definition) is 2. The number of carbonyl (C=O) groups excluding carboxylic acids is 1. The lowest BCUT2D eigenvalue weighted by atomic mass is 9.84. The molecule has 2 fully saturated rings. The van der Waals surface area contributed by atoms with Crippen LogP contribution < -0.4 is 5.32 Å². The van der Waals surface area contributed by atoms with Crippen LogP contribution in [0.2, 0.25) is 0 Å². The largest absolute Gasteiger partial charge is 0.481 e. The highest BCUT2D eigenvalue weighted by Gasteiger charge is 2.48. The number of carboxylic acid groups (broad SMARTS) is 1. The lowest BCUT2D eigenvalue weighted by Crippen LogP contribution is -2.41. The normalized spacial score (nSPS) is 29.6. The van der Waals surface area contributed by atoms with Gasteiger partial charge >= 0.3 is 5.97 Å². The van der Waals surface area contributed by atoms with Crippen LogP contribution in [0.3, 0.4) is 0 Å². The molecule has 2 saturated carbocycles. The number of carbonyl (C=O) groups is 2. The van der Waals surface area contributed by atoms with Gasteiger partial charge in [0.05, 0.1) is 0 Å². The first kappa shape index (κ1) is 13.4. The summed E-state index contributed by atoms with van der Waals surface area (Å²) in [5, 5.41) is 11.9. The van der Waals surface area contributed by atoms with Crippen molar-refractivity contribution in [2.75, 3.05) is 0 Å². The van der Waals surface area contributed by atoms with E-state index in [0.29, 0.717) is 5.92 Å². The lowest BCUT2D eigenvalue weighted by molar-refractivity contribution is -0.138. The summed E-state index contributed by atoms with van der Waals surface area (Å²) in [5.74, 6) is -0.172. The van der Waals surface area contributed by atoms with Gasteiger partial charge in [0.25, 0.3) is 0 Å². The standard InChI is InChI=1S/C14H23NO3/c1-2-14(7-8-14)13(18)15-11-5-3-10(4-6-11)9-12(16)17/h10-11H,2-9H2,1H3,(H,15,18)(H,16,17). The summed E-state index contributed by atoms with van der Waals surface area (Å²) in [6.07, 6.45) is 7.00. The van der Waals surface area contributed by atoms with Gasteiger partial charge in [0.15, 0.2) is 0 Å². The van der Waals surface area contributed by atoms with Crippen molar-refractivity contribution in [3.8, 4) is 0 Å². The van der Waals surface area contributed by atoms with E-state index in [2.05, 4.69) is 12.2 Å². The van der Waals surface area contributed by atoms with Gasteiger partial charge in [-0.05, 0) is 50.9 Å². The Labute approximate surface area is 108 Å². The number of nitrogens with one attached hydrogen (secondary N) is 1. The molecule has 2 rings (SSSR count). The predicted molar refractivity (Wildman–Crippen MR) is 68.1 cm³/mol. The molecule has 4 nitrogen and oxygen atoms in total.